The van der Waals surface area contributed by atoms with Gasteiger partial charge in [0.15, 0.2) is 0 Å². The molecule has 2 atom stereocenters. The first-order valence-electron chi connectivity index (χ1n) is 8.14. The molecule has 6 heteroatoms. The van der Waals surface area contributed by atoms with Crippen molar-refractivity contribution in [3.05, 3.63) is 24.2 Å². The van der Waals surface area contributed by atoms with Crippen LogP contribution in [0.4, 0.5) is 4.79 Å². The molecule has 2 saturated heterocycles. The summed E-state index contributed by atoms with van der Waals surface area (Å²) in [6.45, 7) is 6.92. The Balaban J connectivity index is 1.41. The normalized spacial score (nSPS) is 24.4. The van der Waals surface area contributed by atoms with E-state index in [1.807, 2.05) is 24.0 Å². The molecule has 0 radical (unpaired) electrons. The summed E-state index contributed by atoms with van der Waals surface area (Å²) in [5.74, 6) is 0.977. The summed E-state index contributed by atoms with van der Waals surface area (Å²) in [6.07, 6.45) is 4.00. The quantitative estimate of drug-likeness (QED) is 0.919. The number of amides is 2. The van der Waals surface area contributed by atoms with E-state index in [2.05, 4.69) is 10.2 Å². The fraction of sp³-hybridized carbons (Fsp3) is 0.688. The second-order valence-electron chi connectivity index (χ2n) is 6.13. The summed E-state index contributed by atoms with van der Waals surface area (Å²) in [5.41, 5.74) is 0. The standard InChI is InChI=1S/C16H25N3O3/c1-13(15-5-3-11-22-15)17-16(20)19-8-6-18(7-9-19)12-14-4-2-10-21-14/h2,4,10,13,15H,3,5-9,11-12H2,1H3,(H,17,20)/t13-,15-/m1/s1. The Bertz CT molecular complexity index is 463. The highest BCUT2D eigenvalue weighted by molar-refractivity contribution is 5.74. The number of urea groups is 1. The minimum absolute atomic E-state index is 0.0284. The third-order valence-electron chi connectivity index (χ3n) is 4.49. The number of ether oxygens (including phenoxy) is 1. The maximum absolute atomic E-state index is 12.3. The average molecular weight is 307 g/mol. The van der Waals surface area contributed by atoms with Crippen molar-refractivity contribution < 1.29 is 13.9 Å². The Morgan fingerprint density at radius 1 is 1.41 bits per heavy atom. The Morgan fingerprint density at radius 2 is 2.23 bits per heavy atom. The first-order valence-corrected chi connectivity index (χ1v) is 8.14. The van der Waals surface area contributed by atoms with Crippen LogP contribution in [0.25, 0.3) is 0 Å². The van der Waals surface area contributed by atoms with Gasteiger partial charge in [-0.05, 0) is 31.9 Å². The molecule has 0 bridgehead atoms. The van der Waals surface area contributed by atoms with Crippen LogP contribution in [0.3, 0.4) is 0 Å². The molecule has 3 rings (SSSR count). The molecule has 2 aliphatic heterocycles. The van der Waals surface area contributed by atoms with E-state index >= 15 is 0 Å². The van der Waals surface area contributed by atoms with Gasteiger partial charge in [0, 0.05) is 32.8 Å². The zero-order valence-electron chi connectivity index (χ0n) is 13.2. The summed E-state index contributed by atoms with van der Waals surface area (Å²) >= 11 is 0. The van der Waals surface area contributed by atoms with E-state index in [0.29, 0.717) is 0 Å². The lowest BCUT2D eigenvalue weighted by molar-refractivity contribution is 0.0797. The largest absolute Gasteiger partial charge is 0.468 e. The predicted molar refractivity (Wildman–Crippen MR) is 82.5 cm³/mol. The monoisotopic (exact) mass is 307 g/mol. The molecule has 1 aromatic heterocycles. The predicted octanol–water partition coefficient (Wildman–Crippen LogP) is 1.67. The Hall–Kier alpha value is -1.53. The van der Waals surface area contributed by atoms with Crippen LogP contribution in [0.1, 0.15) is 25.5 Å². The summed E-state index contributed by atoms with van der Waals surface area (Å²) in [5, 5.41) is 3.08. The molecule has 1 aromatic rings. The van der Waals surface area contributed by atoms with Crippen LogP contribution in [0.2, 0.25) is 0 Å². The van der Waals surface area contributed by atoms with E-state index in [4.69, 9.17) is 9.15 Å². The summed E-state index contributed by atoms with van der Waals surface area (Å²) in [7, 11) is 0. The van der Waals surface area contributed by atoms with Crippen molar-refractivity contribution in [1.82, 2.24) is 15.1 Å². The lowest BCUT2D eigenvalue weighted by Gasteiger charge is -2.35. The van der Waals surface area contributed by atoms with E-state index in [1.54, 1.807) is 6.26 Å². The third kappa shape index (κ3) is 3.81. The Labute approximate surface area is 131 Å². The van der Waals surface area contributed by atoms with Crippen LogP contribution in [-0.4, -0.2) is 60.8 Å². The fourth-order valence-electron chi connectivity index (χ4n) is 3.11. The number of piperazine rings is 1. The molecule has 0 saturated carbocycles. The van der Waals surface area contributed by atoms with Crippen LogP contribution >= 0.6 is 0 Å². The first-order chi connectivity index (χ1) is 10.7. The number of furan rings is 1. The van der Waals surface area contributed by atoms with Gasteiger partial charge < -0.3 is 19.4 Å². The van der Waals surface area contributed by atoms with Crippen LogP contribution in [0, 0.1) is 0 Å². The molecule has 0 aromatic carbocycles. The lowest BCUT2D eigenvalue weighted by atomic mass is 10.1. The van der Waals surface area contributed by atoms with Gasteiger partial charge in [-0.15, -0.1) is 0 Å². The molecule has 6 nitrogen and oxygen atoms in total. The van der Waals surface area contributed by atoms with Crippen molar-refractivity contribution in [2.75, 3.05) is 32.8 Å². The van der Waals surface area contributed by atoms with E-state index in [9.17, 15) is 4.79 Å². The van der Waals surface area contributed by atoms with Crippen molar-refractivity contribution in [2.24, 2.45) is 0 Å². The van der Waals surface area contributed by atoms with Crippen molar-refractivity contribution >= 4 is 6.03 Å². The van der Waals surface area contributed by atoms with Crippen LogP contribution < -0.4 is 5.32 Å². The zero-order valence-corrected chi connectivity index (χ0v) is 13.2. The number of hydrogen-bond acceptors (Lipinski definition) is 4. The molecule has 3 heterocycles. The van der Waals surface area contributed by atoms with E-state index in [0.717, 1.165) is 57.9 Å². The topological polar surface area (TPSA) is 58.0 Å². The van der Waals surface area contributed by atoms with Gasteiger partial charge in [0.05, 0.1) is 25.0 Å². The fourth-order valence-corrected chi connectivity index (χ4v) is 3.11. The van der Waals surface area contributed by atoms with Crippen molar-refractivity contribution in [1.29, 1.82) is 0 Å². The van der Waals surface area contributed by atoms with Gasteiger partial charge in [0.2, 0.25) is 0 Å². The highest BCUT2D eigenvalue weighted by Gasteiger charge is 2.27. The molecule has 2 amide bonds. The minimum Gasteiger partial charge on any atom is -0.468 e. The summed E-state index contributed by atoms with van der Waals surface area (Å²) < 4.78 is 11.0. The van der Waals surface area contributed by atoms with Crippen molar-refractivity contribution in [3.63, 3.8) is 0 Å². The molecule has 0 unspecified atom stereocenters. The number of hydrogen-bond donors (Lipinski definition) is 1. The van der Waals surface area contributed by atoms with Gasteiger partial charge in [-0.25, -0.2) is 4.79 Å². The molecular formula is C16H25N3O3. The third-order valence-corrected chi connectivity index (χ3v) is 4.49. The number of rotatable bonds is 4. The second-order valence-corrected chi connectivity index (χ2v) is 6.13. The highest BCUT2D eigenvalue weighted by atomic mass is 16.5. The van der Waals surface area contributed by atoms with E-state index in [-0.39, 0.29) is 18.2 Å². The van der Waals surface area contributed by atoms with E-state index in [1.165, 1.54) is 0 Å². The van der Waals surface area contributed by atoms with Crippen molar-refractivity contribution in [2.45, 2.75) is 38.5 Å². The van der Waals surface area contributed by atoms with Crippen LogP contribution in [-0.2, 0) is 11.3 Å². The number of nitrogens with zero attached hydrogens (tertiary/aromatic N) is 2. The molecule has 0 aliphatic carbocycles. The molecule has 2 fully saturated rings. The molecule has 2 aliphatic rings. The summed E-state index contributed by atoms with van der Waals surface area (Å²) in [4.78, 5) is 16.5. The van der Waals surface area contributed by atoms with Crippen molar-refractivity contribution in [3.8, 4) is 0 Å². The lowest BCUT2D eigenvalue weighted by Crippen LogP contribution is -2.54. The zero-order chi connectivity index (χ0) is 15.4. The summed E-state index contributed by atoms with van der Waals surface area (Å²) in [6, 6.07) is 4.00. The molecule has 22 heavy (non-hydrogen) atoms. The Kier molecular flexibility index (Phi) is 5.00. The van der Waals surface area contributed by atoms with Crippen LogP contribution in [0.15, 0.2) is 22.8 Å². The van der Waals surface area contributed by atoms with Gasteiger partial charge in [-0.3, -0.25) is 4.90 Å². The molecule has 122 valence electrons. The van der Waals surface area contributed by atoms with Gasteiger partial charge in [-0.1, -0.05) is 0 Å². The highest BCUT2D eigenvalue weighted by Crippen LogP contribution is 2.16. The maximum atomic E-state index is 12.3. The van der Waals surface area contributed by atoms with Gasteiger partial charge in [0.25, 0.3) is 0 Å². The van der Waals surface area contributed by atoms with E-state index < -0.39 is 0 Å². The maximum Gasteiger partial charge on any atom is 0.317 e. The first kappa shape index (κ1) is 15.4. The average Bonchev–Trinajstić information content (AvgIpc) is 3.21. The second kappa shape index (κ2) is 7.15. The molecule has 1 N–H and O–H groups in total. The molecular weight excluding hydrogens is 282 g/mol. The Morgan fingerprint density at radius 3 is 2.86 bits per heavy atom. The minimum atomic E-state index is 0.0284. The number of carbonyl (C=O) groups excluding carboxylic acids is 1. The van der Waals surface area contributed by atoms with Gasteiger partial charge in [-0.2, -0.15) is 0 Å². The number of carbonyl (C=O) groups is 1. The molecule has 0 spiro atoms. The van der Waals surface area contributed by atoms with Gasteiger partial charge >= 0.3 is 6.03 Å². The number of nitrogens with one attached hydrogen (secondary N) is 1. The van der Waals surface area contributed by atoms with Crippen LogP contribution in [0.5, 0.6) is 0 Å². The smallest absolute Gasteiger partial charge is 0.317 e. The SMILES string of the molecule is C[C@@H](NC(=O)N1CCN(Cc2ccco2)CC1)[C@H]1CCCO1. The van der Waals surface area contributed by atoms with Gasteiger partial charge in [0.1, 0.15) is 5.76 Å².